The van der Waals surface area contributed by atoms with Crippen molar-refractivity contribution < 1.29 is 79.9 Å². The fourth-order valence-electron chi connectivity index (χ4n) is 4.83. The molecule has 0 fully saturated rings. The van der Waals surface area contributed by atoms with Gasteiger partial charge in [0.1, 0.15) is 35.4 Å². The van der Waals surface area contributed by atoms with Crippen LogP contribution in [0.3, 0.4) is 0 Å². The molecule has 1 aliphatic heterocycles. The zero-order chi connectivity index (χ0) is 34.7. The third-order valence-electron chi connectivity index (χ3n) is 6.77. The van der Waals surface area contributed by atoms with Gasteiger partial charge in [-0.15, -0.1) is 0 Å². The van der Waals surface area contributed by atoms with E-state index in [1.165, 1.54) is 0 Å². The zero-order valence-corrected chi connectivity index (χ0v) is 21.9. The minimum absolute atomic E-state index is 0.160. The Hall–Kier alpha value is -4.91. The van der Waals surface area contributed by atoms with E-state index in [9.17, 15) is 44.3 Å². The van der Waals surface area contributed by atoms with Crippen molar-refractivity contribution in [2.45, 2.75) is 0 Å². The number of hydrogen-bond donors (Lipinski definition) is 0. The van der Waals surface area contributed by atoms with E-state index in [0.29, 0.717) is 12.2 Å². The Morgan fingerprint density at radius 2 is 0.870 bits per heavy atom. The quantitative estimate of drug-likeness (QED) is 0.0814. The molecule has 0 aromatic heterocycles. The molecule has 244 valence electrons. The fraction of sp³-hybridized carbons (Fsp3) is 0.0769. The van der Waals surface area contributed by atoms with Gasteiger partial charge in [-0.1, -0.05) is 25.3 Å². The van der Waals surface area contributed by atoms with Gasteiger partial charge in [0.05, 0.1) is 6.54 Å². The second-order valence-corrected chi connectivity index (χ2v) is 9.20. The van der Waals surface area contributed by atoms with Gasteiger partial charge in [0.15, 0.2) is 58.2 Å². The van der Waals surface area contributed by atoms with Crippen LogP contribution in [0.25, 0.3) is 0 Å². The monoisotopic (exact) mass is 678 g/mol. The summed E-state index contributed by atoms with van der Waals surface area (Å²) in [7, 11) is 0. The number of rotatable bonds is 7. The molecule has 0 spiro atoms. The Balaban J connectivity index is 2.41. The fourth-order valence-corrected chi connectivity index (χ4v) is 4.83. The van der Waals surface area contributed by atoms with Gasteiger partial charge in [0.2, 0.25) is 5.82 Å². The molecule has 0 saturated carbocycles. The molecule has 0 atom stereocenters. The number of nitrogens with zero attached hydrogens (tertiary/aromatic N) is 2. The van der Waals surface area contributed by atoms with Gasteiger partial charge in [-0.2, -0.15) is 4.58 Å². The van der Waals surface area contributed by atoms with E-state index in [1.807, 2.05) is 0 Å². The number of carbonyl (C=O) groups excluding carboxylic acids is 1. The van der Waals surface area contributed by atoms with Crippen molar-refractivity contribution in [1.29, 1.82) is 0 Å². The van der Waals surface area contributed by atoms with E-state index in [-0.39, 0.29) is 4.58 Å². The highest BCUT2D eigenvalue weighted by molar-refractivity contribution is 6.98. The molecule has 0 unspecified atom stereocenters. The van der Waals surface area contributed by atoms with Crippen LogP contribution in [-0.2, 0) is 4.65 Å². The lowest BCUT2D eigenvalue weighted by molar-refractivity contribution is -0.435. The Morgan fingerprint density at radius 3 is 1.20 bits per heavy atom. The standard InChI is InChI=1S/C26H10BF15N2O2/c1-3-5-43-25(7-10(28)16(34)22(40)17(35)11(7)29)46-27(44(6-4-2)26(43)45,8-12(30)18(36)23(41)19(37)13(8)31)9-14(32)20(38)24(42)21(39)15(9)33/h3-4H,1-2,5-6H2. The van der Waals surface area contributed by atoms with E-state index in [1.54, 1.807) is 0 Å². The molecule has 4 rings (SSSR count). The number of urea groups is 1. The normalized spacial score (nSPS) is 14.6. The summed E-state index contributed by atoms with van der Waals surface area (Å²) in [5.41, 5.74) is -7.69. The lowest BCUT2D eigenvalue weighted by Gasteiger charge is -2.49. The highest BCUT2D eigenvalue weighted by Gasteiger charge is 2.60. The minimum atomic E-state index is -5.79. The summed E-state index contributed by atoms with van der Waals surface area (Å²) in [6.45, 7) is -2.08. The van der Waals surface area contributed by atoms with E-state index in [4.69, 9.17) is 4.65 Å². The van der Waals surface area contributed by atoms with Gasteiger partial charge in [0, 0.05) is 0 Å². The first-order valence-corrected chi connectivity index (χ1v) is 12.0. The molecule has 4 nitrogen and oxygen atoms in total. The van der Waals surface area contributed by atoms with Gasteiger partial charge >= 0.3 is 12.5 Å². The number of amides is 2. The predicted molar refractivity (Wildman–Crippen MR) is 127 cm³/mol. The average molecular weight is 678 g/mol. The third kappa shape index (κ3) is 4.52. The minimum Gasteiger partial charge on any atom is -0.640 e. The van der Waals surface area contributed by atoms with Crippen LogP contribution in [0.1, 0.15) is 5.56 Å². The molecule has 0 N–H and O–H groups in total. The van der Waals surface area contributed by atoms with Crippen LogP contribution in [0.4, 0.5) is 70.7 Å². The van der Waals surface area contributed by atoms with Gasteiger partial charge in [-0.3, -0.25) is 0 Å². The molecule has 0 aliphatic carbocycles. The van der Waals surface area contributed by atoms with Crippen molar-refractivity contribution in [1.82, 2.24) is 4.81 Å². The maximum Gasteiger partial charge on any atom is 0.453 e. The van der Waals surface area contributed by atoms with Crippen LogP contribution in [0.15, 0.2) is 25.3 Å². The van der Waals surface area contributed by atoms with Gasteiger partial charge < -0.3 is 9.47 Å². The Bertz CT molecular complexity index is 1760. The first-order valence-electron chi connectivity index (χ1n) is 12.0. The molecule has 2 amide bonds. The van der Waals surface area contributed by atoms with E-state index < -0.39 is 140 Å². The summed E-state index contributed by atoms with van der Waals surface area (Å²) in [5.74, 6) is -46.7. The zero-order valence-electron chi connectivity index (χ0n) is 21.9. The third-order valence-corrected chi connectivity index (χ3v) is 6.77. The summed E-state index contributed by atoms with van der Waals surface area (Å²) in [6, 6.07) is -2.11. The van der Waals surface area contributed by atoms with Crippen LogP contribution in [-0.4, -0.2) is 40.9 Å². The lowest BCUT2D eigenvalue weighted by atomic mass is 9.39. The summed E-state index contributed by atoms with van der Waals surface area (Å²) in [5, 5.41) is 0. The molecule has 1 heterocycles. The smallest absolute Gasteiger partial charge is 0.453 e. The van der Waals surface area contributed by atoms with E-state index in [0.717, 1.165) is 0 Å². The average Bonchev–Trinajstić information content (AvgIpc) is 3.02. The van der Waals surface area contributed by atoms with Gasteiger partial charge in [-0.25, -0.2) is 70.7 Å². The molecular weight excluding hydrogens is 668 g/mol. The van der Waals surface area contributed by atoms with Crippen LogP contribution in [0.2, 0.25) is 0 Å². The van der Waals surface area contributed by atoms with Crippen molar-refractivity contribution in [3.8, 4) is 0 Å². The molecule has 1 aliphatic rings. The van der Waals surface area contributed by atoms with Gasteiger partial charge in [-0.05, 0) is 10.9 Å². The molecule has 0 saturated heterocycles. The predicted octanol–water partition coefficient (Wildman–Crippen LogP) is 5.61. The Kier molecular flexibility index (Phi) is 8.71. The molecule has 46 heavy (non-hydrogen) atoms. The summed E-state index contributed by atoms with van der Waals surface area (Å²) >= 11 is 0. The number of carbonyl (C=O) groups is 1. The van der Waals surface area contributed by atoms with Crippen LogP contribution in [0, 0.1) is 87.3 Å². The van der Waals surface area contributed by atoms with Crippen LogP contribution < -0.4 is 10.9 Å². The van der Waals surface area contributed by atoms with Crippen LogP contribution in [0.5, 0.6) is 0 Å². The lowest BCUT2D eigenvalue weighted by Crippen LogP contribution is -2.80. The molecule has 3 aromatic rings. The number of halogens is 15. The van der Waals surface area contributed by atoms with Crippen molar-refractivity contribution in [2.75, 3.05) is 13.1 Å². The highest BCUT2D eigenvalue weighted by Crippen LogP contribution is 2.33. The molecule has 20 heteroatoms. The van der Waals surface area contributed by atoms with Crippen molar-refractivity contribution in [3.63, 3.8) is 0 Å². The SMILES string of the molecule is C=CCN1C(=O)[N+](CC=C)=C(c2c(F)c(F)c(F)c(F)c2F)O[B-]1(c1c(F)c(F)c(F)c(F)c1F)c1c(F)c(F)c(F)c(F)c1F. The molecular formula is C26H10BF15N2O2. The maximum atomic E-state index is 15.5. The highest BCUT2D eigenvalue weighted by atomic mass is 19.2. The first-order chi connectivity index (χ1) is 21.4. The van der Waals surface area contributed by atoms with Gasteiger partial charge in [0.25, 0.3) is 5.90 Å². The Labute approximate surface area is 245 Å². The van der Waals surface area contributed by atoms with Crippen molar-refractivity contribution in [3.05, 3.63) is 118 Å². The molecule has 0 radical (unpaired) electrons. The summed E-state index contributed by atoms with van der Waals surface area (Å²) < 4.78 is 226. The molecule has 3 aromatic carbocycles. The van der Waals surface area contributed by atoms with Crippen LogP contribution >= 0.6 is 0 Å². The second kappa shape index (κ2) is 11.8. The van der Waals surface area contributed by atoms with E-state index >= 15 is 26.3 Å². The largest absolute Gasteiger partial charge is 0.640 e. The Morgan fingerprint density at radius 1 is 0.543 bits per heavy atom. The summed E-state index contributed by atoms with van der Waals surface area (Å²) in [6.07, 6.45) is 1.15. The number of hydrogen-bond acceptors (Lipinski definition) is 2. The molecule has 0 bridgehead atoms. The van der Waals surface area contributed by atoms with Crippen molar-refractivity contribution >= 4 is 29.3 Å². The maximum absolute atomic E-state index is 15.5. The van der Waals surface area contributed by atoms with Crippen molar-refractivity contribution in [2.24, 2.45) is 0 Å². The topological polar surface area (TPSA) is 32.5 Å². The van der Waals surface area contributed by atoms with E-state index in [2.05, 4.69) is 13.2 Å². The summed E-state index contributed by atoms with van der Waals surface area (Å²) in [4.78, 5) is 13.4. The first kappa shape index (κ1) is 34.0. The number of benzene rings is 3. The second-order valence-electron chi connectivity index (χ2n) is 9.20.